The van der Waals surface area contributed by atoms with Crippen molar-refractivity contribution in [3.8, 4) is 5.69 Å². The van der Waals surface area contributed by atoms with E-state index in [1.165, 1.54) is 0 Å². The van der Waals surface area contributed by atoms with Crippen LogP contribution in [-0.2, 0) is 11.3 Å². The Bertz CT molecular complexity index is 523. The number of nitrogens with one attached hydrogen (secondary N) is 1. The number of carbonyl (C=O) groups is 1. The number of amides is 1. The molecule has 1 aromatic carbocycles. The van der Waals surface area contributed by atoms with Crippen LogP contribution in [0, 0.1) is 0 Å². The van der Waals surface area contributed by atoms with Crippen molar-refractivity contribution in [2.24, 2.45) is 5.73 Å². The second-order valence-electron chi connectivity index (χ2n) is 4.21. The lowest BCUT2D eigenvalue weighted by molar-refractivity contribution is -0.118. The fourth-order valence-corrected chi connectivity index (χ4v) is 1.67. The van der Waals surface area contributed by atoms with Crippen molar-refractivity contribution in [3.05, 3.63) is 42.2 Å². The summed E-state index contributed by atoms with van der Waals surface area (Å²) in [6.45, 7) is 1.37. The first-order valence-electron chi connectivity index (χ1n) is 6.21. The molecule has 6 nitrogen and oxygen atoms in total. The summed E-state index contributed by atoms with van der Waals surface area (Å²) in [5.74, 6) is -0.267. The van der Waals surface area contributed by atoms with Crippen LogP contribution < -0.4 is 11.1 Å². The Labute approximate surface area is 111 Å². The van der Waals surface area contributed by atoms with Crippen LogP contribution in [0.1, 0.15) is 18.5 Å². The Kier molecular flexibility index (Phi) is 4.63. The van der Waals surface area contributed by atoms with Crippen LogP contribution in [0.5, 0.6) is 0 Å². The number of hydrogen-bond donors (Lipinski definition) is 2. The van der Waals surface area contributed by atoms with E-state index < -0.39 is 0 Å². The molecule has 0 aliphatic carbocycles. The van der Waals surface area contributed by atoms with Crippen LogP contribution in [0.25, 0.3) is 5.69 Å². The van der Waals surface area contributed by atoms with Gasteiger partial charge in [0.2, 0.25) is 5.91 Å². The highest BCUT2D eigenvalue weighted by molar-refractivity contribution is 5.73. The second kappa shape index (κ2) is 6.65. The summed E-state index contributed by atoms with van der Waals surface area (Å²) in [5, 5.41) is 11.8. The summed E-state index contributed by atoms with van der Waals surface area (Å²) in [5.41, 5.74) is 6.86. The number of aromatic nitrogens is 3. The molecule has 0 saturated carbocycles. The van der Waals surface area contributed by atoms with Gasteiger partial charge in [-0.1, -0.05) is 18.2 Å². The number of primary amides is 1. The van der Waals surface area contributed by atoms with E-state index in [9.17, 15) is 4.79 Å². The van der Waals surface area contributed by atoms with E-state index in [4.69, 9.17) is 5.73 Å². The van der Waals surface area contributed by atoms with Gasteiger partial charge in [-0.15, -0.1) is 0 Å². The molecule has 0 saturated heterocycles. The molecule has 0 radical (unpaired) electrons. The largest absolute Gasteiger partial charge is 0.370 e. The van der Waals surface area contributed by atoms with Crippen LogP contribution >= 0.6 is 0 Å². The fraction of sp³-hybridized carbons (Fsp3) is 0.308. The maximum atomic E-state index is 10.6. The first-order chi connectivity index (χ1) is 9.25. The summed E-state index contributed by atoms with van der Waals surface area (Å²) >= 11 is 0. The maximum Gasteiger partial charge on any atom is 0.217 e. The first-order valence-corrected chi connectivity index (χ1v) is 6.21. The zero-order chi connectivity index (χ0) is 13.5. The van der Waals surface area contributed by atoms with E-state index in [2.05, 4.69) is 15.5 Å². The minimum absolute atomic E-state index is 0.267. The normalized spacial score (nSPS) is 10.5. The number of rotatable bonds is 7. The molecule has 0 spiro atoms. The summed E-state index contributed by atoms with van der Waals surface area (Å²) < 4.78 is 0. The van der Waals surface area contributed by atoms with Gasteiger partial charge in [0.15, 0.2) is 0 Å². The lowest BCUT2D eigenvalue weighted by Crippen LogP contribution is -2.18. The predicted octanol–water partition coefficient (Wildman–Crippen LogP) is 0.622. The number of nitrogens with zero attached hydrogens (tertiary/aromatic N) is 3. The average molecular weight is 259 g/mol. The third kappa shape index (κ3) is 4.18. The van der Waals surface area contributed by atoms with Crippen LogP contribution in [0.15, 0.2) is 36.5 Å². The molecule has 2 aromatic rings. The minimum Gasteiger partial charge on any atom is -0.370 e. The zero-order valence-corrected chi connectivity index (χ0v) is 10.6. The number of carbonyl (C=O) groups excluding carboxylic acids is 1. The summed E-state index contributed by atoms with van der Waals surface area (Å²) in [6, 6.07) is 9.74. The van der Waals surface area contributed by atoms with Gasteiger partial charge in [0.1, 0.15) is 0 Å². The van der Waals surface area contributed by atoms with Crippen LogP contribution in [0.2, 0.25) is 0 Å². The third-order valence-electron chi connectivity index (χ3n) is 2.61. The molecular formula is C13H17N5O. The molecule has 19 heavy (non-hydrogen) atoms. The molecule has 1 heterocycles. The Morgan fingerprint density at radius 1 is 1.32 bits per heavy atom. The quantitative estimate of drug-likeness (QED) is 0.714. The molecule has 0 aliphatic rings. The highest BCUT2D eigenvalue weighted by atomic mass is 16.1. The van der Waals surface area contributed by atoms with E-state index in [1.807, 2.05) is 30.3 Å². The zero-order valence-electron chi connectivity index (χ0n) is 10.6. The standard InChI is InChI=1S/C13H17N5O/c14-13(19)7-4-8-15-9-11-10-16-18(17-11)12-5-2-1-3-6-12/h1-3,5-6,10,15H,4,7-9H2,(H2,14,19). The van der Waals surface area contributed by atoms with Gasteiger partial charge in [0.05, 0.1) is 17.6 Å². The fourth-order valence-electron chi connectivity index (χ4n) is 1.67. The van der Waals surface area contributed by atoms with Crippen molar-refractivity contribution in [1.29, 1.82) is 0 Å². The topological polar surface area (TPSA) is 85.8 Å². The van der Waals surface area contributed by atoms with E-state index in [0.717, 1.165) is 24.3 Å². The number of benzene rings is 1. The summed E-state index contributed by atoms with van der Waals surface area (Å²) in [7, 11) is 0. The molecule has 0 atom stereocenters. The van der Waals surface area contributed by atoms with Crippen LogP contribution in [0.3, 0.4) is 0 Å². The molecule has 3 N–H and O–H groups in total. The monoisotopic (exact) mass is 259 g/mol. The highest BCUT2D eigenvalue weighted by Gasteiger charge is 2.02. The van der Waals surface area contributed by atoms with Crippen molar-refractivity contribution in [1.82, 2.24) is 20.3 Å². The maximum absolute atomic E-state index is 10.6. The van der Waals surface area contributed by atoms with Crippen molar-refractivity contribution < 1.29 is 4.79 Å². The molecule has 2 rings (SSSR count). The first kappa shape index (κ1) is 13.2. The van der Waals surface area contributed by atoms with Gasteiger partial charge >= 0.3 is 0 Å². The van der Waals surface area contributed by atoms with Gasteiger partial charge in [-0.25, -0.2) is 0 Å². The molecule has 0 bridgehead atoms. The summed E-state index contributed by atoms with van der Waals surface area (Å²) in [4.78, 5) is 12.2. The molecule has 0 unspecified atom stereocenters. The SMILES string of the molecule is NC(=O)CCCNCc1cnn(-c2ccccc2)n1. The molecule has 0 fully saturated rings. The Balaban J connectivity index is 1.80. The van der Waals surface area contributed by atoms with Gasteiger partial charge in [-0.3, -0.25) is 4.79 Å². The lowest BCUT2D eigenvalue weighted by atomic mass is 10.3. The van der Waals surface area contributed by atoms with Gasteiger partial charge < -0.3 is 11.1 Å². The van der Waals surface area contributed by atoms with E-state index in [-0.39, 0.29) is 5.91 Å². The number of para-hydroxylation sites is 1. The van der Waals surface area contributed by atoms with E-state index >= 15 is 0 Å². The van der Waals surface area contributed by atoms with Crippen molar-refractivity contribution >= 4 is 5.91 Å². The van der Waals surface area contributed by atoms with Crippen LogP contribution in [0.4, 0.5) is 0 Å². The lowest BCUT2D eigenvalue weighted by Gasteiger charge is -2.00. The highest BCUT2D eigenvalue weighted by Crippen LogP contribution is 2.03. The number of nitrogens with two attached hydrogens (primary N) is 1. The Morgan fingerprint density at radius 2 is 2.11 bits per heavy atom. The van der Waals surface area contributed by atoms with Gasteiger partial charge in [-0.2, -0.15) is 15.0 Å². The molecule has 6 heteroatoms. The summed E-state index contributed by atoms with van der Waals surface area (Å²) in [6.07, 6.45) is 2.87. The molecule has 1 aromatic heterocycles. The Hall–Kier alpha value is -2.21. The predicted molar refractivity (Wildman–Crippen MR) is 71.5 cm³/mol. The van der Waals surface area contributed by atoms with E-state index in [0.29, 0.717) is 13.0 Å². The van der Waals surface area contributed by atoms with Crippen molar-refractivity contribution in [2.45, 2.75) is 19.4 Å². The van der Waals surface area contributed by atoms with Gasteiger partial charge in [0.25, 0.3) is 0 Å². The van der Waals surface area contributed by atoms with Gasteiger partial charge in [-0.05, 0) is 25.1 Å². The van der Waals surface area contributed by atoms with Crippen molar-refractivity contribution in [2.75, 3.05) is 6.54 Å². The second-order valence-corrected chi connectivity index (χ2v) is 4.21. The third-order valence-corrected chi connectivity index (χ3v) is 2.61. The smallest absolute Gasteiger partial charge is 0.217 e. The van der Waals surface area contributed by atoms with Crippen LogP contribution in [-0.4, -0.2) is 27.4 Å². The van der Waals surface area contributed by atoms with Crippen molar-refractivity contribution in [3.63, 3.8) is 0 Å². The minimum atomic E-state index is -0.267. The molecule has 1 amide bonds. The molecule has 0 aliphatic heterocycles. The molecule has 100 valence electrons. The molecular weight excluding hydrogens is 242 g/mol. The Morgan fingerprint density at radius 3 is 2.84 bits per heavy atom. The number of hydrogen-bond acceptors (Lipinski definition) is 4. The average Bonchev–Trinajstić information content (AvgIpc) is 2.88. The van der Waals surface area contributed by atoms with Gasteiger partial charge in [0, 0.05) is 13.0 Å². The van der Waals surface area contributed by atoms with E-state index in [1.54, 1.807) is 11.0 Å².